The van der Waals surface area contributed by atoms with Gasteiger partial charge in [0, 0.05) is 6.04 Å². The first-order valence-electron chi connectivity index (χ1n) is 6.46. The molecule has 0 saturated carbocycles. The quantitative estimate of drug-likeness (QED) is 0.818. The first-order valence-corrected chi connectivity index (χ1v) is 6.46. The molecule has 0 saturated heterocycles. The van der Waals surface area contributed by atoms with Gasteiger partial charge in [-0.05, 0) is 25.0 Å². The molecule has 1 N–H and O–H groups in total. The molecule has 1 amide bonds. The van der Waals surface area contributed by atoms with Crippen molar-refractivity contribution in [3.63, 3.8) is 0 Å². The minimum atomic E-state index is -0.738. The number of rotatable bonds is 1. The third kappa shape index (κ3) is 2.53. The van der Waals surface area contributed by atoms with Crippen molar-refractivity contribution in [1.29, 1.82) is 0 Å². The zero-order valence-electron chi connectivity index (χ0n) is 11.4. The Morgan fingerprint density at radius 1 is 1.21 bits per heavy atom. The summed E-state index contributed by atoms with van der Waals surface area (Å²) < 4.78 is 0. The van der Waals surface area contributed by atoms with Gasteiger partial charge in [0.1, 0.15) is 0 Å². The van der Waals surface area contributed by atoms with E-state index in [-0.39, 0.29) is 11.9 Å². The van der Waals surface area contributed by atoms with Crippen molar-refractivity contribution in [2.75, 3.05) is 0 Å². The second-order valence-electron chi connectivity index (χ2n) is 5.02. The second-order valence-corrected chi connectivity index (χ2v) is 5.02. The van der Waals surface area contributed by atoms with Crippen LogP contribution in [-0.2, 0) is 10.2 Å². The van der Waals surface area contributed by atoms with Gasteiger partial charge in [0.05, 0.1) is 5.41 Å². The maximum Gasteiger partial charge on any atom is 0.235 e. The fourth-order valence-corrected chi connectivity index (χ4v) is 2.20. The number of amides is 1. The lowest BCUT2D eigenvalue weighted by molar-refractivity contribution is -0.125. The Balaban J connectivity index is 2.50. The van der Waals surface area contributed by atoms with Crippen molar-refractivity contribution in [2.45, 2.75) is 25.3 Å². The van der Waals surface area contributed by atoms with Gasteiger partial charge in [-0.15, -0.1) is 0 Å². The van der Waals surface area contributed by atoms with Crippen molar-refractivity contribution >= 4 is 5.91 Å². The van der Waals surface area contributed by atoms with Crippen LogP contribution in [0.15, 0.2) is 66.8 Å². The van der Waals surface area contributed by atoms with Crippen LogP contribution in [0.3, 0.4) is 0 Å². The van der Waals surface area contributed by atoms with E-state index in [1.165, 1.54) is 0 Å². The Kier molecular flexibility index (Phi) is 3.70. The fourth-order valence-electron chi connectivity index (χ4n) is 2.20. The molecule has 98 valence electrons. The number of hydrogen-bond acceptors (Lipinski definition) is 1. The highest BCUT2D eigenvalue weighted by molar-refractivity contribution is 5.92. The van der Waals surface area contributed by atoms with E-state index in [2.05, 4.69) is 11.9 Å². The highest BCUT2D eigenvalue weighted by Crippen LogP contribution is 2.32. The van der Waals surface area contributed by atoms with Gasteiger partial charge >= 0.3 is 0 Å². The Labute approximate surface area is 114 Å². The number of benzene rings is 1. The molecule has 2 heteroatoms. The topological polar surface area (TPSA) is 29.1 Å². The van der Waals surface area contributed by atoms with Crippen LogP contribution in [0.1, 0.15) is 19.4 Å². The first-order chi connectivity index (χ1) is 9.05. The molecule has 0 bridgehead atoms. The third-order valence-electron chi connectivity index (χ3n) is 3.61. The van der Waals surface area contributed by atoms with Crippen molar-refractivity contribution in [3.8, 4) is 0 Å². The summed E-state index contributed by atoms with van der Waals surface area (Å²) in [5, 5.41) is 3.01. The molecule has 1 heterocycles. The maximum absolute atomic E-state index is 12.6. The molecule has 2 unspecified atom stereocenters. The number of allylic oxidation sites excluding steroid dienone is 3. The SMILES string of the molecule is C=C1/C=C\C=C/C(C)NC(=O)C1(C)c1ccccc1. The lowest BCUT2D eigenvalue weighted by Crippen LogP contribution is -2.45. The molecule has 0 spiro atoms. The molecule has 1 aliphatic rings. The molecule has 2 rings (SSSR count). The summed E-state index contributed by atoms with van der Waals surface area (Å²) in [5.41, 5.74) is 1.00. The summed E-state index contributed by atoms with van der Waals surface area (Å²) >= 11 is 0. The van der Waals surface area contributed by atoms with Crippen molar-refractivity contribution in [1.82, 2.24) is 5.32 Å². The summed E-state index contributed by atoms with van der Waals surface area (Å²) in [5.74, 6) is -0.0209. The van der Waals surface area contributed by atoms with Gasteiger partial charge in [0.2, 0.25) is 5.91 Å². The van der Waals surface area contributed by atoms with E-state index in [9.17, 15) is 4.79 Å². The monoisotopic (exact) mass is 253 g/mol. The molecule has 2 nitrogen and oxygen atoms in total. The average Bonchev–Trinajstić information content (AvgIpc) is 2.46. The molecule has 2 atom stereocenters. The van der Waals surface area contributed by atoms with Crippen molar-refractivity contribution in [3.05, 3.63) is 72.4 Å². The van der Waals surface area contributed by atoms with Gasteiger partial charge in [-0.1, -0.05) is 61.2 Å². The normalized spacial score (nSPS) is 30.7. The van der Waals surface area contributed by atoms with E-state index < -0.39 is 5.41 Å². The first kappa shape index (κ1) is 13.3. The number of hydrogen-bond donors (Lipinski definition) is 1. The zero-order chi connectivity index (χ0) is 13.9. The summed E-state index contributed by atoms with van der Waals surface area (Å²) in [6, 6.07) is 9.77. The fraction of sp³-hybridized carbons (Fsp3) is 0.235. The molecular formula is C17H19NO. The van der Waals surface area contributed by atoms with E-state index in [0.29, 0.717) is 0 Å². The molecule has 0 fully saturated rings. The molecule has 1 aromatic carbocycles. The Morgan fingerprint density at radius 2 is 1.89 bits per heavy atom. The van der Waals surface area contributed by atoms with Crippen LogP contribution in [0.2, 0.25) is 0 Å². The van der Waals surface area contributed by atoms with Gasteiger partial charge in [-0.25, -0.2) is 0 Å². The number of nitrogens with one attached hydrogen (secondary N) is 1. The lowest BCUT2D eigenvalue weighted by atomic mass is 9.75. The highest BCUT2D eigenvalue weighted by atomic mass is 16.2. The summed E-state index contributed by atoms with van der Waals surface area (Å²) in [7, 11) is 0. The van der Waals surface area contributed by atoms with Crippen LogP contribution < -0.4 is 5.32 Å². The molecule has 0 aromatic heterocycles. The Hall–Kier alpha value is -2.09. The predicted octanol–water partition coefficient (Wildman–Crippen LogP) is 3.13. The third-order valence-corrected chi connectivity index (χ3v) is 3.61. The van der Waals surface area contributed by atoms with Gasteiger partial charge in [-0.3, -0.25) is 4.79 Å². The molecule has 0 radical (unpaired) electrons. The Morgan fingerprint density at radius 3 is 2.58 bits per heavy atom. The number of carbonyl (C=O) groups is 1. The molecule has 1 aliphatic heterocycles. The van der Waals surface area contributed by atoms with E-state index in [4.69, 9.17) is 0 Å². The van der Waals surface area contributed by atoms with E-state index in [1.807, 2.05) is 68.5 Å². The van der Waals surface area contributed by atoms with Crippen LogP contribution in [0.4, 0.5) is 0 Å². The summed E-state index contributed by atoms with van der Waals surface area (Å²) in [4.78, 5) is 12.6. The predicted molar refractivity (Wildman–Crippen MR) is 78.8 cm³/mol. The Bertz CT molecular complexity index is 542. The number of carbonyl (C=O) groups excluding carboxylic acids is 1. The average molecular weight is 253 g/mol. The highest BCUT2D eigenvalue weighted by Gasteiger charge is 2.37. The van der Waals surface area contributed by atoms with E-state index in [0.717, 1.165) is 11.1 Å². The van der Waals surface area contributed by atoms with Crippen LogP contribution in [0.5, 0.6) is 0 Å². The van der Waals surface area contributed by atoms with Crippen LogP contribution in [-0.4, -0.2) is 11.9 Å². The van der Waals surface area contributed by atoms with Gasteiger partial charge in [0.15, 0.2) is 0 Å². The van der Waals surface area contributed by atoms with Crippen molar-refractivity contribution in [2.24, 2.45) is 0 Å². The van der Waals surface area contributed by atoms with E-state index >= 15 is 0 Å². The summed E-state index contributed by atoms with van der Waals surface area (Å²) in [6.07, 6.45) is 7.73. The lowest BCUT2D eigenvalue weighted by Gasteiger charge is -2.30. The van der Waals surface area contributed by atoms with Crippen LogP contribution in [0, 0.1) is 0 Å². The van der Waals surface area contributed by atoms with Gasteiger partial charge < -0.3 is 5.32 Å². The maximum atomic E-state index is 12.6. The van der Waals surface area contributed by atoms with Crippen molar-refractivity contribution < 1.29 is 4.79 Å². The molecule has 1 aromatic rings. The van der Waals surface area contributed by atoms with Gasteiger partial charge in [-0.2, -0.15) is 0 Å². The molecule has 19 heavy (non-hydrogen) atoms. The minimum Gasteiger partial charge on any atom is -0.349 e. The largest absolute Gasteiger partial charge is 0.349 e. The minimum absolute atomic E-state index is 0.00564. The molecule has 0 aliphatic carbocycles. The van der Waals surface area contributed by atoms with Crippen LogP contribution >= 0.6 is 0 Å². The van der Waals surface area contributed by atoms with Crippen LogP contribution in [0.25, 0.3) is 0 Å². The second kappa shape index (κ2) is 5.27. The standard InChI is InChI=1S/C17H19NO/c1-13-9-7-8-10-14(2)18-16(19)17(13,3)15-11-5-4-6-12-15/h4-12,14H,1H2,2-3H3,(H,18,19)/b9-7-,10-8-. The smallest absolute Gasteiger partial charge is 0.235 e. The van der Waals surface area contributed by atoms with Gasteiger partial charge in [0.25, 0.3) is 0 Å². The zero-order valence-corrected chi connectivity index (χ0v) is 11.4. The molecular weight excluding hydrogens is 234 g/mol. The summed E-state index contributed by atoms with van der Waals surface area (Å²) in [6.45, 7) is 7.96. The van der Waals surface area contributed by atoms with E-state index in [1.54, 1.807) is 0 Å².